The Bertz CT molecular complexity index is 1120. The van der Waals surface area contributed by atoms with Crippen molar-refractivity contribution in [2.24, 2.45) is 0 Å². The molecule has 33 heavy (non-hydrogen) atoms. The third-order valence-corrected chi connectivity index (χ3v) is 6.67. The molecule has 0 atom stereocenters. The van der Waals surface area contributed by atoms with Crippen molar-refractivity contribution in [3.8, 4) is 10.8 Å². The van der Waals surface area contributed by atoms with Crippen molar-refractivity contribution in [2.45, 2.75) is 26.8 Å². The standard InChI is InChI=1S/C21H24N4O6S2/c1-5-8-25(11-15-23-24-18(31-15)13-7-6-9-32-13)10-14(26)22-19-16(20(27)29-3)12(2)17(33-19)21(28)30-4/h6-7,9H,5,8,10-11H2,1-4H3,(H,22,26). The molecule has 3 heterocycles. The summed E-state index contributed by atoms with van der Waals surface area (Å²) < 4.78 is 15.3. The Morgan fingerprint density at radius 2 is 1.94 bits per heavy atom. The minimum absolute atomic E-state index is 0.0235. The molecule has 0 aliphatic carbocycles. The van der Waals surface area contributed by atoms with E-state index in [0.29, 0.717) is 30.4 Å². The predicted molar refractivity (Wildman–Crippen MR) is 124 cm³/mol. The summed E-state index contributed by atoms with van der Waals surface area (Å²) in [6, 6.07) is 3.79. The normalized spacial score (nSPS) is 10.9. The molecule has 3 aromatic heterocycles. The van der Waals surface area contributed by atoms with Gasteiger partial charge in [-0.2, -0.15) is 0 Å². The highest BCUT2D eigenvalue weighted by atomic mass is 32.1. The number of ether oxygens (including phenoxy) is 2. The molecule has 1 N–H and O–H groups in total. The number of hydrogen-bond donors (Lipinski definition) is 1. The van der Waals surface area contributed by atoms with Gasteiger partial charge in [-0.25, -0.2) is 9.59 Å². The number of carbonyl (C=O) groups is 3. The molecular weight excluding hydrogens is 468 g/mol. The van der Waals surface area contributed by atoms with Crippen molar-refractivity contribution in [1.29, 1.82) is 0 Å². The lowest BCUT2D eigenvalue weighted by molar-refractivity contribution is -0.117. The van der Waals surface area contributed by atoms with Crippen LogP contribution in [-0.2, 0) is 20.8 Å². The topological polar surface area (TPSA) is 124 Å². The maximum Gasteiger partial charge on any atom is 0.348 e. The first-order valence-electron chi connectivity index (χ1n) is 10.1. The van der Waals surface area contributed by atoms with Gasteiger partial charge in [0.15, 0.2) is 0 Å². The highest BCUT2D eigenvalue weighted by Gasteiger charge is 2.27. The second-order valence-corrected chi connectivity index (χ2v) is 8.95. The predicted octanol–water partition coefficient (Wildman–Crippen LogP) is 3.59. The number of aromatic nitrogens is 2. The van der Waals surface area contributed by atoms with Crippen LogP contribution in [-0.4, -0.2) is 60.3 Å². The molecule has 0 fully saturated rings. The van der Waals surface area contributed by atoms with Gasteiger partial charge < -0.3 is 19.2 Å². The number of anilines is 1. The summed E-state index contributed by atoms with van der Waals surface area (Å²) in [5.41, 5.74) is 0.530. The van der Waals surface area contributed by atoms with Crippen molar-refractivity contribution in [2.75, 3.05) is 32.6 Å². The minimum Gasteiger partial charge on any atom is -0.465 e. The van der Waals surface area contributed by atoms with E-state index in [9.17, 15) is 14.4 Å². The molecule has 0 saturated heterocycles. The monoisotopic (exact) mass is 492 g/mol. The summed E-state index contributed by atoms with van der Waals surface area (Å²) >= 11 is 2.47. The van der Waals surface area contributed by atoms with E-state index in [4.69, 9.17) is 13.9 Å². The van der Waals surface area contributed by atoms with Crippen LogP contribution in [0.3, 0.4) is 0 Å². The summed E-state index contributed by atoms with van der Waals surface area (Å²) in [7, 11) is 2.49. The van der Waals surface area contributed by atoms with E-state index in [1.807, 2.05) is 29.3 Å². The maximum absolute atomic E-state index is 12.8. The van der Waals surface area contributed by atoms with Crippen molar-refractivity contribution in [3.05, 3.63) is 39.4 Å². The molecular formula is C21H24N4O6S2. The van der Waals surface area contributed by atoms with Gasteiger partial charge in [0.2, 0.25) is 11.8 Å². The highest BCUT2D eigenvalue weighted by Crippen LogP contribution is 2.34. The molecule has 0 radical (unpaired) electrons. The van der Waals surface area contributed by atoms with E-state index < -0.39 is 11.9 Å². The smallest absolute Gasteiger partial charge is 0.348 e. The quantitative estimate of drug-likeness (QED) is 0.423. The summed E-state index contributed by atoms with van der Waals surface area (Å²) in [6.45, 7) is 4.53. The number of nitrogens with zero attached hydrogens (tertiary/aromatic N) is 3. The fourth-order valence-corrected chi connectivity index (χ4v) is 4.92. The van der Waals surface area contributed by atoms with Crippen LogP contribution in [0, 0.1) is 6.92 Å². The van der Waals surface area contributed by atoms with Crippen LogP contribution < -0.4 is 5.32 Å². The molecule has 1 amide bonds. The highest BCUT2D eigenvalue weighted by molar-refractivity contribution is 7.18. The molecule has 12 heteroatoms. The lowest BCUT2D eigenvalue weighted by atomic mass is 10.1. The van der Waals surface area contributed by atoms with Crippen LogP contribution in [0.15, 0.2) is 21.9 Å². The summed E-state index contributed by atoms with van der Waals surface area (Å²) in [4.78, 5) is 40.1. The number of amides is 1. The van der Waals surface area contributed by atoms with E-state index in [-0.39, 0.29) is 27.9 Å². The minimum atomic E-state index is -0.647. The van der Waals surface area contributed by atoms with Gasteiger partial charge in [-0.3, -0.25) is 9.69 Å². The van der Waals surface area contributed by atoms with E-state index in [1.165, 1.54) is 25.6 Å². The van der Waals surface area contributed by atoms with Gasteiger partial charge in [0.1, 0.15) is 9.88 Å². The van der Waals surface area contributed by atoms with Gasteiger partial charge >= 0.3 is 11.9 Å². The van der Waals surface area contributed by atoms with E-state index in [2.05, 4.69) is 15.5 Å². The van der Waals surface area contributed by atoms with Gasteiger partial charge in [0.05, 0.1) is 37.7 Å². The third-order valence-electron chi connectivity index (χ3n) is 4.62. The largest absolute Gasteiger partial charge is 0.465 e. The molecule has 0 aliphatic heterocycles. The second kappa shape index (κ2) is 11.2. The van der Waals surface area contributed by atoms with E-state index >= 15 is 0 Å². The number of thiophene rings is 2. The molecule has 0 bridgehead atoms. The van der Waals surface area contributed by atoms with E-state index in [1.54, 1.807) is 6.92 Å². The first-order chi connectivity index (χ1) is 15.9. The molecule has 0 aliphatic rings. The van der Waals surface area contributed by atoms with Crippen LogP contribution in [0.25, 0.3) is 10.8 Å². The molecule has 176 valence electrons. The average molecular weight is 493 g/mol. The number of esters is 2. The Kier molecular flexibility index (Phi) is 8.31. The van der Waals surface area contributed by atoms with Gasteiger partial charge in [-0.15, -0.1) is 32.9 Å². The molecule has 3 aromatic rings. The first-order valence-corrected chi connectivity index (χ1v) is 11.8. The fourth-order valence-electron chi connectivity index (χ4n) is 3.14. The zero-order chi connectivity index (χ0) is 24.0. The first kappa shape index (κ1) is 24.6. The maximum atomic E-state index is 12.8. The number of rotatable bonds is 10. The van der Waals surface area contributed by atoms with Gasteiger partial charge in [0.25, 0.3) is 5.89 Å². The lowest BCUT2D eigenvalue weighted by Crippen LogP contribution is -2.33. The van der Waals surface area contributed by atoms with Gasteiger partial charge in [-0.1, -0.05) is 13.0 Å². The third kappa shape index (κ3) is 5.83. The summed E-state index contributed by atoms with van der Waals surface area (Å²) in [5, 5.41) is 13.0. The van der Waals surface area contributed by atoms with Crippen molar-refractivity contribution < 1.29 is 28.3 Å². The van der Waals surface area contributed by atoms with Gasteiger partial charge in [-0.05, 0) is 36.9 Å². The van der Waals surface area contributed by atoms with Crippen molar-refractivity contribution in [1.82, 2.24) is 15.1 Å². The summed E-state index contributed by atoms with van der Waals surface area (Å²) in [5.74, 6) is -0.757. The second-order valence-electron chi connectivity index (χ2n) is 6.98. The number of carbonyl (C=O) groups excluding carboxylic acids is 3. The molecule has 0 spiro atoms. The Balaban J connectivity index is 1.73. The van der Waals surface area contributed by atoms with Gasteiger partial charge in [0, 0.05) is 0 Å². The van der Waals surface area contributed by atoms with Crippen LogP contribution in [0.5, 0.6) is 0 Å². The Morgan fingerprint density at radius 1 is 1.18 bits per heavy atom. The SMILES string of the molecule is CCCN(CC(=O)Nc1sc(C(=O)OC)c(C)c1C(=O)OC)Cc1nnc(-c2cccs2)o1. The van der Waals surface area contributed by atoms with Crippen LogP contribution in [0.2, 0.25) is 0 Å². The Morgan fingerprint density at radius 3 is 2.58 bits per heavy atom. The number of methoxy groups -OCH3 is 2. The molecule has 0 unspecified atom stereocenters. The zero-order valence-corrected chi connectivity index (χ0v) is 20.3. The number of hydrogen-bond acceptors (Lipinski definition) is 11. The van der Waals surface area contributed by atoms with Crippen molar-refractivity contribution >= 4 is 45.5 Å². The van der Waals surface area contributed by atoms with Crippen LogP contribution in [0.4, 0.5) is 5.00 Å². The van der Waals surface area contributed by atoms with Crippen LogP contribution >= 0.6 is 22.7 Å². The molecule has 10 nitrogen and oxygen atoms in total. The van der Waals surface area contributed by atoms with E-state index in [0.717, 1.165) is 22.6 Å². The average Bonchev–Trinajstić information content (AvgIpc) is 3.53. The van der Waals surface area contributed by atoms with Crippen LogP contribution in [0.1, 0.15) is 44.8 Å². The van der Waals surface area contributed by atoms with Crippen molar-refractivity contribution in [3.63, 3.8) is 0 Å². The number of nitrogens with one attached hydrogen (secondary N) is 1. The Hall–Kier alpha value is -3.09. The molecule has 0 saturated carbocycles. The zero-order valence-electron chi connectivity index (χ0n) is 18.7. The summed E-state index contributed by atoms with van der Waals surface area (Å²) in [6.07, 6.45) is 0.803. The fraction of sp³-hybridized carbons (Fsp3) is 0.381. The lowest BCUT2D eigenvalue weighted by Gasteiger charge is -2.19. The molecule has 0 aromatic carbocycles. The molecule has 3 rings (SSSR count). The Labute approximate surface area is 198 Å².